The number of likely N-dealkylation sites (tertiary alicyclic amines) is 1. The van der Waals surface area contributed by atoms with Crippen molar-refractivity contribution in [3.8, 4) is 0 Å². The minimum atomic E-state index is 0. The van der Waals surface area contributed by atoms with Crippen molar-refractivity contribution >= 4 is 41.7 Å². The molecule has 7 nitrogen and oxygen atoms in total. The molecule has 1 amide bonds. The number of anilines is 1. The molecule has 1 saturated heterocycles. The average molecular weight is 565 g/mol. The summed E-state index contributed by atoms with van der Waals surface area (Å²) in [5, 5.41) is 6.72. The Morgan fingerprint density at radius 3 is 2.52 bits per heavy atom. The standard InChI is InChI=1S/C25H36N6O.HI/c1-4-30(5-2)23-12-11-21(16-27-23)17-28-25(26-3)29-18-22-15-24(32)31(19-22)14-13-20-9-7-6-8-10-20;/h6-12,16,22H,4-5,13-15,17-19H2,1-3H3,(H2,26,28,29);1H. The van der Waals surface area contributed by atoms with E-state index in [1.807, 2.05) is 29.3 Å². The zero-order valence-electron chi connectivity index (χ0n) is 20.0. The van der Waals surface area contributed by atoms with Gasteiger partial charge in [-0.2, -0.15) is 0 Å². The normalized spacial score (nSPS) is 15.8. The second kappa shape index (κ2) is 14.0. The number of halogens is 1. The summed E-state index contributed by atoms with van der Waals surface area (Å²) in [6, 6.07) is 14.5. The highest BCUT2D eigenvalue weighted by atomic mass is 127. The van der Waals surface area contributed by atoms with E-state index in [9.17, 15) is 4.79 Å². The first-order valence-corrected chi connectivity index (χ1v) is 11.6. The van der Waals surface area contributed by atoms with Crippen molar-refractivity contribution in [2.75, 3.05) is 44.7 Å². The number of benzene rings is 1. The lowest BCUT2D eigenvalue weighted by atomic mass is 10.1. The second-order valence-electron chi connectivity index (χ2n) is 8.15. The molecule has 180 valence electrons. The van der Waals surface area contributed by atoms with Gasteiger partial charge in [0, 0.05) is 64.9 Å². The number of hydrogen-bond donors (Lipinski definition) is 2. The number of rotatable bonds is 10. The van der Waals surface area contributed by atoms with Crippen LogP contribution in [-0.4, -0.2) is 61.5 Å². The largest absolute Gasteiger partial charge is 0.357 e. The van der Waals surface area contributed by atoms with Crippen LogP contribution >= 0.6 is 24.0 Å². The lowest BCUT2D eigenvalue weighted by molar-refractivity contribution is -0.127. The molecule has 1 aliphatic rings. The number of carbonyl (C=O) groups is 1. The smallest absolute Gasteiger partial charge is 0.223 e. The first-order chi connectivity index (χ1) is 15.6. The Kier molecular flexibility index (Phi) is 11.4. The quantitative estimate of drug-likeness (QED) is 0.263. The van der Waals surface area contributed by atoms with Gasteiger partial charge in [0.25, 0.3) is 0 Å². The first kappa shape index (κ1) is 26.9. The van der Waals surface area contributed by atoms with E-state index in [1.165, 1.54) is 5.56 Å². The van der Waals surface area contributed by atoms with E-state index in [4.69, 9.17) is 0 Å². The molecule has 3 rings (SSSR count). The third-order valence-electron chi connectivity index (χ3n) is 5.95. The fourth-order valence-electron chi connectivity index (χ4n) is 4.02. The molecular formula is C25H37IN6O. The van der Waals surface area contributed by atoms with Crippen LogP contribution in [-0.2, 0) is 17.8 Å². The maximum absolute atomic E-state index is 12.4. The molecule has 2 aromatic rings. The molecule has 0 radical (unpaired) electrons. The fourth-order valence-corrected chi connectivity index (χ4v) is 4.02. The van der Waals surface area contributed by atoms with Crippen LogP contribution in [0.25, 0.3) is 0 Å². The van der Waals surface area contributed by atoms with Crippen LogP contribution in [0.5, 0.6) is 0 Å². The summed E-state index contributed by atoms with van der Waals surface area (Å²) in [7, 11) is 1.77. The van der Waals surface area contributed by atoms with E-state index in [-0.39, 0.29) is 29.9 Å². The summed E-state index contributed by atoms with van der Waals surface area (Å²) in [6.45, 7) is 9.13. The third-order valence-corrected chi connectivity index (χ3v) is 5.95. The Balaban J connectivity index is 0.00000385. The number of pyridine rings is 1. The van der Waals surface area contributed by atoms with Gasteiger partial charge in [-0.05, 0) is 37.5 Å². The fraction of sp³-hybridized carbons (Fsp3) is 0.480. The van der Waals surface area contributed by atoms with Crippen molar-refractivity contribution in [3.05, 3.63) is 59.8 Å². The topological polar surface area (TPSA) is 72.9 Å². The van der Waals surface area contributed by atoms with Crippen LogP contribution in [0.2, 0.25) is 0 Å². The van der Waals surface area contributed by atoms with Crippen LogP contribution in [0.3, 0.4) is 0 Å². The molecule has 1 fully saturated rings. The van der Waals surface area contributed by atoms with E-state index < -0.39 is 0 Å². The third kappa shape index (κ3) is 8.17. The van der Waals surface area contributed by atoms with Gasteiger partial charge in [-0.3, -0.25) is 9.79 Å². The number of amides is 1. The molecule has 2 N–H and O–H groups in total. The summed E-state index contributed by atoms with van der Waals surface area (Å²) in [5.74, 6) is 2.29. The molecule has 33 heavy (non-hydrogen) atoms. The molecule has 1 aromatic carbocycles. The van der Waals surface area contributed by atoms with Crippen LogP contribution < -0.4 is 15.5 Å². The minimum Gasteiger partial charge on any atom is -0.357 e. The van der Waals surface area contributed by atoms with Crippen LogP contribution in [0, 0.1) is 5.92 Å². The Labute approximate surface area is 215 Å². The Hall–Kier alpha value is -2.36. The van der Waals surface area contributed by atoms with Crippen molar-refractivity contribution in [2.45, 2.75) is 33.2 Å². The number of guanidine groups is 1. The van der Waals surface area contributed by atoms with Crippen LogP contribution in [0.15, 0.2) is 53.7 Å². The molecule has 1 atom stereocenters. The minimum absolute atomic E-state index is 0. The molecule has 0 saturated carbocycles. The van der Waals surface area contributed by atoms with E-state index in [0.717, 1.165) is 56.5 Å². The molecule has 1 unspecified atom stereocenters. The van der Waals surface area contributed by atoms with Crippen LogP contribution in [0.4, 0.5) is 5.82 Å². The lowest BCUT2D eigenvalue weighted by Crippen LogP contribution is -2.40. The molecule has 1 aliphatic heterocycles. The number of hydrogen-bond acceptors (Lipinski definition) is 4. The number of aliphatic imine (C=N–C) groups is 1. The number of aromatic nitrogens is 1. The highest BCUT2D eigenvalue weighted by molar-refractivity contribution is 14.0. The van der Waals surface area contributed by atoms with Crippen molar-refractivity contribution in [1.82, 2.24) is 20.5 Å². The van der Waals surface area contributed by atoms with Crippen molar-refractivity contribution in [2.24, 2.45) is 10.9 Å². The predicted octanol–water partition coefficient (Wildman–Crippen LogP) is 3.30. The van der Waals surface area contributed by atoms with Crippen molar-refractivity contribution in [3.63, 3.8) is 0 Å². The lowest BCUT2D eigenvalue weighted by Gasteiger charge is -2.20. The van der Waals surface area contributed by atoms with Crippen molar-refractivity contribution in [1.29, 1.82) is 0 Å². The SMILES string of the molecule is CCN(CC)c1ccc(CNC(=NC)NCC2CC(=O)N(CCc3ccccc3)C2)cn1.I. The van der Waals surface area contributed by atoms with E-state index in [0.29, 0.717) is 18.9 Å². The first-order valence-electron chi connectivity index (χ1n) is 11.6. The molecule has 8 heteroatoms. The Morgan fingerprint density at radius 1 is 1.12 bits per heavy atom. The zero-order chi connectivity index (χ0) is 22.8. The second-order valence-corrected chi connectivity index (χ2v) is 8.15. The van der Waals surface area contributed by atoms with Crippen LogP contribution in [0.1, 0.15) is 31.4 Å². The summed E-state index contributed by atoms with van der Waals surface area (Å²) in [5.41, 5.74) is 2.37. The summed E-state index contributed by atoms with van der Waals surface area (Å²) in [4.78, 5) is 25.5. The number of nitrogens with one attached hydrogen (secondary N) is 2. The summed E-state index contributed by atoms with van der Waals surface area (Å²) < 4.78 is 0. The maximum Gasteiger partial charge on any atom is 0.223 e. The van der Waals surface area contributed by atoms with E-state index >= 15 is 0 Å². The van der Waals surface area contributed by atoms with Gasteiger partial charge in [0.1, 0.15) is 5.82 Å². The summed E-state index contributed by atoms with van der Waals surface area (Å²) >= 11 is 0. The van der Waals surface area contributed by atoms with Gasteiger partial charge in [0.15, 0.2) is 5.96 Å². The average Bonchev–Trinajstić information content (AvgIpc) is 3.19. The molecule has 0 aliphatic carbocycles. The van der Waals surface area contributed by atoms with Gasteiger partial charge in [0.2, 0.25) is 5.91 Å². The highest BCUT2D eigenvalue weighted by Gasteiger charge is 2.29. The molecule has 0 spiro atoms. The predicted molar refractivity (Wildman–Crippen MR) is 146 cm³/mol. The van der Waals surface area contributed by atoms with Gasteiger partial charge in [-0.25, -0.2) is 4.98 Å². The summed E-state index contributed by atoms with van der Waals surface area (Å²) in [6.07, 6.45) is 3.40. The van der Waals surface area contributed by atoms with E-state index in [1.54, 1.807) is 7.05 Å². The highest BCUT2D eigenvalue weighted by Crippen LogP contribution is 2.17. The Morgan fingerprint density at radius 2 is 1.88 bits per heavy atom. The maximum atomic E-state index is 12.4. The molecule has 1 aromatic heterocycles. The molecule has 2 heterocycles. The molecular weight excluding hydrogens is 527 g/mol. The van der Waals surface area contributed by atoms with Gasteiger partial charge < -0.3 is 20.4 Å². The van der Waals surface area contributed by atoms with E-state index in [2.05, 4.69) is 63.6 Å². The van der Waals surface area contributed by atoms with Gasteiger partial charge >= 0.3 is 0 Å². The van der Waals surface area contributed by atoms with Gasteiger partial charge in [-0.1, -0.05) is 36.4 Å². The number of carbonyl (C=O) groups excluding carboxylic acids is 1. The molecule has 0 bridgehead atoms. The van der Waals surface area contributed by atoms with Crippen molar-refractivity contribution < 1.29 is 4.79 Å². The number of nitrogens with zero attached hydrogens (tertiary/aromatic N) is 4. The zero-order valence-corrected chi connectivity index (χ0v) is 22.3. The van der Waals surface area contributed by atoms with Gasteiger partial charge in [0.05, 0.1) is 0 Å². The Bertz CT molecular complexity index is 870. The monoisotopic (exact) mass is 564 g/mol. The van der Waals surface area contributed by atoms with Gasteiger partial charge in [-0.15, -0.1) is 24.0 Å².